The molecule has 0 radical (unpaired) electrons. The van der Waals surface area contributed by atoms with Gasteiger partial charge in [0.25, 0.3) is 0 Å². The Bertz CT molecular complexity index is 2850. The van der Waals surface area contributed by atoms with Crippen LogP contribution in [0.1, 0.15) is 84.3 Å². The fraction of sp³-hybridized carbons (Fsp3) is 0.250. The molecule has 2 heterocycles. The number of rotatable bonds is 9. The van der Waals surface area contributed by atoms with E-state index >= 15 is 0 Å². The molecule has 0 aliphatic heterocycles. The molecule has 0 aliphatic rings. The summed E-state index contributed by atoms with van der Waals surface area (Å²) in [5.74, 6) is 2.81. The third-order valence-corrected chi connectivity index (χ3v) is 12.5. The highest BCUT2D eigenvalue weighted by molar-refractivity contribution is 5.88. The van der Waals surface area contributed by atoms with Gasteiger partial charge in [-0.1, -0.05) is 149 Å². The highest BCUT2D eigenvalue weighted by Crippen LogP contribution is 2.43. The lowest BCUT2D eigenvalue weighted by Gasteiger charge is -2.21. The van der Waals surface area contributed by atoms with Crippen molar-refractivity contribution >= 4 is 0 Å². The van der Waals surface area contributed by atoms with E-state index in [-0.39, 0.29) is 0 Å². The van der Waals surface area contributed by atoms with E-state index in [1.54, 1.807) is 0 Å². The molecule has 0 bridgehead atoms. The predicted octanol–water partition coefficient (Wildman–Crippen LogP) is 14.9. The van der Waals surface area contributed by atoms with Crippen LogP contribution in [0, 0.1) is 41.5 Å². The summed E-state index contributed by atoms with van der Waals surface area (Å²) >= 11 is 0. The average Bonchev–Trinajstić information content (AvgIpc) is 3.75. The second-order valence-electron chi connectivity index (χ2n) is 17.4. The summed E-state index contributed by atoms with van der Waals surface area (Å²) in [6.45, 7) is 22.6. The first kappa shape index (κ1) is 40.5. The Morgan fingerprint density at radius 3 is 1.37 bits per heavy atom. The van der Waals surface area contributed by atoms with Crippen LogP contribution in [0.5, 0.6) is 0 Å². The van der Waals surface area contributed by atoms with Gasteiger partial charge in [0.1, 0.15) is 11.6 Å². The van der Waals surface area contributed by atoms with Gasteiger partial charge in [0.05, 0.1) is 22.8 Å². The molecule has 8 aromatic rings. The molecule has 302 valence electrons. The van der Waals surface area contributed by atoms with Gasteiger partial charge in [0, 0.05) is 47.8 Å². The van der Waals surface area contributed by atoms with Crippen LogP contribution in [0.15, 0.2) is 121 Å². The van der Waals surface area contributed by atoms with Gasteiger partial charge in [0.2, 0.25) is 0 Å². The van der Waals surface area contributed by atoms with Crippen LogP contribution in [0.2, 0.25) is 0 Å². The second kappa shape index (κ2) is 16.1. The molecule has 0 amide bonds. The molecular weight excluding hydrogens is 729 g/mol. The maximum absolute atomic E-state index is 5.57. The normalized spacial score (nSPS) is 11.6. The molecule has 0 unspecified atom stereocenters. The van der Waals surface area contributed by atoms with Crippen molar-refractivity contribution in [1.82, 2.24) is 19.1 Å². The zero-order valence-electron chi connectivity index (χ0n) is 37.5. The number of nitrogens with zero attached hydrogens (tertiary/aromatic N) is 4. The molecular formula is C56H58N4. The van der Waals surface area contributed by atoms with Crippen LogP contribution in [0.4, 0.5) is 0 Å². The van der Waals surface area contributed by atoms with Gasteiger partial charge in [-0.05, 0) is 109 Å². The van der Waals surface area contributed by atoms with Gasteiger partial charge in [-0.15, -0.1) is 0 Å². The maximum Gasteiger partial charge on any atom is 0.141 e. The Labute approximate surface area is 357 Å². The summed E-state index contributed by atoms with van der Waals surface area (Å²) in [5.41, 5.74) is 24.2. The Morgan fingerprint density at radius 1 is 0.400 bits per heavy atom. The van der Waals surface area contributed by atoms with Crippen LogP contribution >= 0.6 is 0 Å². The van der Waals surface area contributed by atoms with Crippen molar-refractivity contribution in [3.63, 3.8) is 0 Å². The van der Waals surface area contributed by atoms with Crippen LogP contribution in [-0.4, -0.2) is 19.1 Å². The van der Waals surface area contributed by atoms with Crippen LogP contribution < -0.4 is 0 Å². The highest BCUT2D eigenvalue weighted by atomic mass is 15.1. The lowest BCUT2D eigenvalue weighted by molar-refractivity contribution is 0.714. The molecule has 0 aliphatic carbocycles. The molecule has 0 N–H and O–H groups in total. The Morgan fingerprint density at radius 2 is 0.817 bits per heavy atom. The van der Waals surface area contributed by atoms with E-state index in [9.17, 15) is 0 Å². The third-order valence-electron chi connectivity index (χ3n) is 12.5. The molecule has 2 aromatic heterocycles. The van der Waals surface area contributed by atoms with Crippen molar-refractivity contribution in [2.45, 2.75) is 81.1 Å². The molecule has 4 heteroatoms. The van der Waals surface area contributed by atoms with Gasteiger partial charge in [-0.25, -0.2) is 9.97 Å². The second-order valence-corrected chi connectivity index (χ2v) is 17.4. The molecule has 8 rings (SSSR count). The Balaban J connectivity index is 1.24. The lowest BCUT2D eigenvalue weighted by Crippen LogP contribution is -2.02. The summed E-state index contributed by atoms with van der Waals surface area (Å²) in [4.78, 5) is 10.7. The monoisotopic (exact) mass is 786 g/mol. The molecule has 0 spiro atoms. The summed E-state index contributed by atoms with van der Waals surface area (Å²) in [7, 11) is 4.31. The lowest BCUT2D eigenvalue weighted by atomic mass is 9.84. The van der Waals surface area contributed by atoms with Gasteiger partial charge in [0.15, 0.2) is 0 Å². The molecule has 0 atom stereocenters. The largest absolute Gasteiger partial charge is 0.330 e. The fourth-order valence-electron chi connectivity index (χ4n) is 10.1. The van der Waals surface area contributed by atoms with Gasteiger partial charge >= 0.3 is 0 Å². The van der Waals surface area contributed by atoms with E-state index in [4.69, 9.17) is 9.97 Å². The topological polar surface area (TPSA) is 35.6 Å². The van der Waals surface area contributed by atoms with Crippen LogP contribution in [-0.2, 0) is 14.1 Å². The standard InChI is InChI=1S/C56H58N4/c1-33(2)47-35(5)31-36(6)48(39(47)9)41-23-25-42(26-24-41)49-37(7)32-38(8)50(40(49)10)56-58-52(53(60(56)12)45-21-17-14-18-22-45)44-27-29-46(30-28-44)54-51(43-19-15-13-16-20-43)57-55(34(3)4)59(54)11/h13-34H,1-12H3. The first-order chi connectivity index (χ1) is 28.8. The van der Waals surface area contributed by atoms with Crippen molar-refractivity contribution in [1.29, 1.82) is 0 Å². The van der Waals surface area contributed by atoms with Gasteiger partial charge < -0.3 is 9.13 Å². The number of imidazole rings is 2. The highest BCUT2D eigenvalue weighted by Gasteiger charge is 2.25. The Kier molecular flexibility index (Phi) is 10.8. The van der Waals surface area contributed by atoms with Crippen molar-refractivity contribution in [3.8, 4) is 78.7 Å². The minimum Gasteiger partial charge on any atom is -0.330 e. The van der Waals surface area contributed by atoms with Crippen molar-refractivity contribution in [2.24, 2.45) is 14.1 Å². The van der Waals surface area contributed by atoms with E-state index in [0.717, 1.165) is 56.7 Å². The molecule has 0 saturated heterocycles. The Hall–Kier alpha value is -6.26. The number of benzene rings is 6. The molecule has 4 nitrogen and oxygen atoms in total. The molecule has 60 heavy (non-hydrogen) atoms. The zero-order valence-corrected chi connectivity index (χ0v) is 37.5. The maximum atomic E-state index is 5.57. The third kappa shape index (κ3) is 7.02. The van der Waals surface area contributed by atoms with Crippen LogP contribution in [0.3, 0.4) is 0 Å². The van der Waals surface area contributed by atoms with Crippen molar-refractivity contribution in [2.75, 3.05) is 0 Å². The van der Waals surface area contributed by atoms with Gasteiger partial charge in [-0.2, -0.15) is 0 Å². The van der Waals surface area contributed by atoms with Gasteiger partial charge in [-0.3, -0.25) is 0 Å². The van der Waals surface area contributed by atoms with E-state index in [2.05, 4.69) is 214 Å². The summed E-state index contributed by atoms with van der Waals surface area (Å²) in [6, 6.07) is 44.1. The molecule has 6 aromatic carbocycles. The summed E-state index contributed by atoms with van der Waals surface area (Å²) in [6.07, 6.45) is 0. The quantitative estimate of drug-likeness (QED) is 0.146. The zero-order chi connectivity index (χ0) is 42.6. The minimum atomic E-state index is 0.296. The number of hydrogen-bond acceptors (Lipinski definition) is 2. The number of hydrogen-bond donors (Lipinski definition) is 0. The molecule has 0 saturated carbocycles. The van der Waals surface area contributed by atoms with E-state index in [1.807, 2.05) is 0 Å². The summed E-state index contributed by atoms with van der Waals surface area (Å²) < 4.78 is 4.56. The predicted molar refractivity (Wildman–Crippen MR) is 255 cm³/mol. The number of aryl methyl sites for hydroxylation is 4. The fourth-order valence-corrected chi connectivity index (χ4v) is 10.1. The van der Waals surface area contributed by atoms with E-state index in [0.29, 0.717) is 11.8 Å². The number of aromatic nitrogens is 4. The SMILES string of the molecule is Cc1cc(C)c(-c2nc(-c3ccc(-c4c(-c5ccccc5)nc(C(C)C)n4C)cc3)c(-c3ccccc3)n2C)c(C)c1-c1ccc(-c2c(C)cc(C)c(C(C)C)c2C)cc1. The van der Waals surface area contributed by atoms with E-state index in [1.165, 1.54) is 66.8 Å². The van der Waals surface area contributed by atoms with Crippen molar-refractivity contribution < 1.29 is 0 Å². The van der Waals surface area contributed by atoms with Crippen molar-refractivity contribution in [3.05, 3.63) is 166 Å². The molecule has 0 fully saturated rings. The first-order valence-corrected chi connectivity index (χ1v) is 21.4. The minimum absolute atomic E-state index is 0.296. The van der Waals surface area contributed by atoms with Crippen LogP contribution in [0.25, 0.3) is 78.7 Å². The average molecular weight is 787 g/mol. The smallest absolute Gasteiger partial charge is 0.141 e. The summed E-state index contributed by atoms with van der Waals surface area (Å²) in [5, 5.41) is 0. The van der Waals surface area contributed by atoms with E-state index < -0.39 is 0 Å². The first-order valence-electron chi connectivity index (χ1n) is 21.4.